The van der Waals surface area contributed by atoms with Crippen LogP contribution in [0, 0.1) is 6.92 Å². The molecule has 0 bridgehead atoms. The van der Waals surface area contributed by atoms with Gasteiger partial charge in [0.1, 0.15) is 0 Å². The summed E-state index contributed by atoms with van der Waals surface area (Å²) in [6.45, 7) is 15.1. The van der Waals surface area contributed by atoms with Gasteiger partial charge in [0.15, 0.2) is 0 Å². The molecular weight excluding hydrogens is 329 g/mol. The second-order valence-electron chi connectivity index (χ2n) is 8.12. The Morgan fingerprint density at radius 3 is 2.38 bits per heavy atom. The topological polar surface area (TPSA) is 82.5 Å². The highest BCUT2D eigenvalue weighted by Gasteiger charge is 2.52. The van der Waals surface area contributed by atoms with E-state index in [4.69, 9.17) is 14.8 Å². The maximum absolute atomic E-state index is 8.90. The van der Waals surface area contributed by atoms with Crippen molar-refractivity contribution in [1.82, 2.24) is 10.2 Å². The maximum Gasteiger partial charge on any atom is 0.495 e. The molecule has 0 unspecified atom stereocenters. The summed E-state index contributed by atoms with van der Waals surface area (Å²) < 4.78 is 12.5. The lowest BCUT2D eigenvalue weighted by molar-refractivity contribution is 0.00578. The summed E-state index contributed by atoms with van der Waals surface area (Å²) in [6, 6.07) is 3.87. The van der Waals surface area contributed by atoms with Crippen LogP contribution in [0.1, 0.15) is 38.8 Å². The van der Waals surface area contributed by atoms with Gasteiger partial charge in [0.2, 0.25) is 0 Å². The fourth-order valence-electron chi connectivity index (χ4n) is 3.38. The van der Waals surface area contributed by atoms with Crippen LogP contribution in [0.25, 0.3) is 10.4 Å². The van der Waals surface area contributed by atoms with Crippen molar-refractivity contribution in [2.24, 2.45) is 5.11 Å². The second kappa shape index (κ2) is 7.21. The van der Waals surface area contributed by atoms with Gasteiger partial charge in [-0.15, -0.1) is 0 Å². The van der Waals surface area contributed by atoms with E-state index in [1.807, 2.05) is 39.8 Å². The normalized spacial score (nSPS) is 22.3. The summed E-state index contributed by atoms with van der Waals surface area (Å²) >= 11 is 0. The van der Waals surface area contributed by atoms with E-state index in [1.54, 1.807) is 0 Å². The van der Waals surface area contributed by atoms with Crippen LogP contribution in [-0.2, 0) is 15.9 Å². The Labute approximate surface area is 155 Å². The molecule has 2 aliphatic heterocycles. The molecule has 2 aliphatic rings. The zero-order valence-electron chi connectivity index (χ0n) is 16.4. The number of azide groups is 1. The van der Waals surface area contributed by atoms with Gasteiger partial charge >= 0.3 is 7.12 Å². The van der Waals surface area contributed by atoms with Crippen LogP contribution in [0.5, 0.6) is 0 Å². The van der Waals surface area contributed by atoms with Crippen LogP contribution >= 0.6 is 0 Å². The first-order valence-electron chi connectivity index (χ1n) is 9.21. The zero-order chi connectivity index (χ0) is 18.9. The molecule has 1 N–H and O–H groups in total. The first-order valence-corrected chi connectivity index (χ1v) is 9.21. The summed E-state index contributed by atoms with van der Waals surface area (Å²) in [5, 5.41) is 7.22. The Kier molecular flexibility index (Phi) is 5.33. The lowest BCUT2D eigenvalue weighted by atomic mass is 9.74. The van der Waals surface area contributed by atoms with E-state index in [0.29, 0.717) is 5.69 Å². The van der Waals surface area contributed by atoms with Crippen LogP contribution in [0.15, 0.2) is 17.2 Å². The van der Waals surface area contributed by atoms with Gasteiger partial charge < -0.3 is 14.6 Å². The quantitative estimate of drug-likeness (QED) is 0.389. The Morgan fingerprint density at radius 1 is 1.19 bits per heavy atom. The number of piperazine rings is 1. The third-order valence-electron chi connectivity index (χ3n) is 5.81. The van der Waals surface area contributed by atoms with Crippen molar-refractivity contribution in [2.45, 2.75) is 52.4 Å². The summed E-state index contributed by atoms with van der Waals surface area (Å²) in [7, 11) is -0.462. The molecule has 2 fully saturated rings. The summed E-state index contributed by atoms with van der Waals surface area (Å²) in [5.74, 6) is 0. The van der Waals surface area contributed by atoms with Crippen LogP contribution in [0.4, 0.5) is 5.69 Å². The van der Waals surface area contributed by atoms with Gasteiger partial charge in [-0.3, -0.25) is 4.90 Å². The second-order valence-corrected chi connectivity index (χ2v) is 8.12. The first-order chi connectivity index (χ1) is 12.2. The highest BCUT2D eigenvalue weighted by atomic mass is 16.7. The van der Waals surface area contributed by atoms with Crippen LogP contribution in [-0.4, -0.2) is 49.4 Å². The lowest BCUT2D eigenvalue weighted by Gasteiger charge is -2.32. The number of nitrogens with zero attached hydrogens (tertiary/aromatic N) is 4. The van der Waals surface area contributed by atoms with Crippen molar-refractivity contribution in [2.75, 3.05) is 26.2 Å². The number of hydrogen-bond acceptors (Lipinski definition) is 5. The Hall–Kier alpha value is -1.57. The van der Waals surface area contributed by atoms with Gasteiger partial charge in [0.25, 0.3) is 0 Å². The molecule has 3 rings (SSSR count). The highest BCUT2D eigenvalue weighted by molar-refractivity contribution is 6.62. The molecule has 0 spiro atoms. The van der Waals surface area contributed by atoms with Crippen LogP contribution < -0.4 is 10.8 Å². The summed E-state index contributed by atoms with van der Waals surface area (Å²) in [5.41, 5.74) is 11.9. The lowest BCUT2D eigenvalue weighted by Crippen LogP contribution is -2.43. The average Bonchev–Trinajstić information content (AvgIpc) is 2.79. The number of hydrogen-bond donors (Lipinski definition) is 1. The zero-order valence-corrected chi connectivity index (χ0v) is 16.4. The van der Waals surface area contributed by atoms with Gasteiger partial charge in [-0.1, -0.05) is 11.2 Å². The molecule has 8 heteroatoms. The number of rotatable bonds is 4. The predicted molar refractivity (Wildman–Crippen MR) is 104 cm³/mol. The third kappa shape index (κ3) is 3.75. The van der Waals surface area contributed by atoms with Crippen molar-refractivity contribution in [3.8, 4) is 0 Å². The number of nitrogens with one attached hydrogen (secondary N) is 1. The molecule has 2 saturated heterocycles. The molecule has 0 radical (unpaired) electrons. The van der Waals surface area contributed by atoms with Crippen molar-refractivity contribution >= 4 is 18.3 Å². The van der Waals surface area contributed by atoms with Crippen molar-refractivity contribution < 1.29 is 9.31 Å². The largest absolute Gasteiger partial charge is 0.495 e. The summed E-state index contributed by atoms with van der Waals surface area (Å²) in [4.78, 5) is 5.38. The van der Waals surface area contributed by atoms with E-state index < -0.39 is 18.3 Å². The molecule has 0 aromatic heterocycles. The fourth-order valence-corrected chi connectivity index (χ4v) is 3.38. The van der Waals surface area contributed by atoms with Gasteiger partial charge in [-0.05, 0) is 62.8 Å². The minimum Gasteiger partial charge on any atom is -0.399 e. The fraction of sp³-hybridized carbons (Fsp3) is 0.667. The molecule has 140 valence electrons. The minimum absolute atomic E-state index is 0.405. The standard InChI is InChI=1S/C18H28BN5O2/c1-13-14(12-24-8-6-21-7-9-24)10-15(22-23-20)11-16(13)19-25-17(2,3)18(4,5)26-19/h10-11,21H,6-9,12H2,1-5H3. The van der Waals surface area contributed by atoms with E-state index in [1.165, 1.54) is 0 Å². The van der Waals surface area contributed by atoms with E-state index in [-0.39, 0.29) is 0 Å². The van der Waals surface area contributed by atoms with E-state index in [0.717, 1.165) is 49.3 Å². The minimum atomic E-state index is -0.462. The molecule has 0 saturated carbocycles. The van der Waals surface area contributed by atoms with Crippen molar-refractivity contribution in [1.29, 1.82) is 0 Å². The molecular formula is C18H28BN5O2. The predicted octanol–water partition coefficient (Wildman–Crippen LogP) is 2.64. The molecule has 0 aliphatic carbocycles. The van der Waals surface area contributed by atoms with Crippen molar-refractivity contribution in [3.63, 3.8) is 0 Å². The van der Waals surface area contributed by atoms with Crippen molar-refractivity contribution in [3.05, 3.63) is 33.7 Å². The van der Waals surface area contributed by atoms with Gasteiger partial charge in [0, 0.05) is 43.3 Å². The number of benzene rings is 1. The Bertz CT molecular complexity index is 709. The van der Waals surface area contributed by atoms with E-state index in [9.17, 15) is 0 Å². The maximum atomic E-state index is 8.90. The van der Waals surface area contributed by atoms with Gasteiger partial charge in [0.05, 0.1) is 11.2 Å². The monoisotopic (exact) mass is 357 g/mol. The van der Waals surface area contributed by atoms with Crippen LogP contribution in [0.3, 0.4) is 0 Å². The molecule has 1 aromatic carbocycles. The van der Waals surface area contributed by atoms with Crippen LogP contribution in [0.2, 0.25) is 0 Å². The molecule has 2 heterocycles. The summed E-state index contributed by atoms with van der Waals surface area (Å²) in [6.07, 6.45) is 0. The average molecular weight is 357 g/mol. The Morgan fingerprint density at radius 2 is 1.81 bits per heavy atom. The van der Waals surface area contributed by atoms with Gasteiger partial charge in [-0.25, -0.2) is 0 Å². The molecule has 0 atom stereocenters. The SMILES string of the molecule is Cc1c(CN2CCNCC2)cc(N=[N+]=[N-])cc1B1OC(C)(C)C(C)(C)O1. The molecule has 7 nitrogen and oxygen atoms in total. The molecule has 0 amide bonds. The highest BCUT2D eigenvalue weighted by Crippen LogP contribution is 2.37. The Balaban J connectivity index is 1.95. The third-order valence-corrected chi connectivity index (χ3v) is 5.81. The molecule has 26 heavy (non-hydrogen) atoms. The molecule has 1 aromatic rings. The first kappa shape index (κ1) is 19.2. The van der Waals surface area contributed by atoms with E-state index >= 15 is 0 Å². The van der Waals surface area contributed by atoms with Gasteiger partial charge in [-0.2, -0.15) is 0 Å². The van der Waals surface area contributed by atoms with E-state index in [2.05, 4.69) is 27.2 Å². The smallest absolute Gasteiger partial charge is 0.399 e.